The van der Waals surface area contributed by atoms with E-state index in [9.17, 15) is 4.79 Å². The second-order valence-electron chi connectivity index (χ2n) is 4.86. The molecule has 3 rings (SSSR count). The Kier molecular flexibility index (Phi) is 3.35. The summed E-state index contributed by atoms with van der Waals surface area (Å²) in [5, 5.41) is 3.20. The Balaban J connectivity index is 1.73. The molecule has 1 aliphatic heterocycles. The fraction of sp³-hybridized carbons (Fsp3) is 0.200. The van der Waals surface area contributed by atoms with Crippen LogP contribution in [-0.2, 0) is 4.79 Å². The maximum atomic E-state index is 11.8. The number of hydrogen-bond donors (Lipinski definition) is 2. The lowest BCUT2D eigenvalue weighted by molar-refractivity contribution is -0.117. The number of amides is 1. The molecular formula is C15H16N4O. The summed E-state index contributed by atoms with van der Waals surface area (Å²) >= 11 is 0. The molecule has 1 unspecified atom stereocenters. The lowest BCUT2D eigenvalue weighted by atomic mass is 10.3. The number of benzene rings is 1. The molecule has 1 fully saturated rings. The van der Waals surface area contributed by atoms with Crippen molar-refractivity contribution in [2.45, 2.75) is 12.5 Å². The molecule has 2 heterocycles. The van der Waals surface area contributed by atoms with Gasteiger partial charge in [-0.1, -0.05) is 18.2 Å². The number of rotatable bonds is 3. The lowest BCUT2D eigenvalue weighted by Gasteiger charge is -2.16. The van der Waals surface area contributed by atoms with Gasteiger partial charge in [0.15, 0.2) is 0 Å². The quantitative estimate of drug-likeness (QED) is 0.891. The van der Waals surface area contributed by atoms with Crippen LogP contribution in [0.2, 0.25) is 0 Å². The molecule has 1 aliphatic rings. The average molecular weight is 268 g/mol. The molecule has 1 amide bonds. The highest BCUT2D eigenvalue weighted by Gasteiger charge is 2.28. The van der Waals surface area contributed by atoms with Crippen LogP contribution in [0.3, 0.4) is 0 Å². The molecule has 1 aromatic carbocycles. The number of anilines is 3. The van der Waals surface area contributed by atoms with Crippen LogP contribution in [0.1, 0.15) is 6.42 Å². The van der Waals surface area contributed by atoms with Crippen molar-refractivity contribution in [3.05, 3.63) is 48.7 Å². The van der Waals surface area contributed by atoms with Crippen molar-refractivity contribution in [3.63, 3.8) is 0 Å². The van der Waals surface area contributed by atoms with Gasteiger partial charge in [0, 0.05) is 24.7 Å². The van der Waals surface area contributed by atoms with Gasteiger partial charge in [-0.25, -0.2) is 4.98 Å². The molecule has 3 N–H and O–H groups in total. The summed E-state index contributed by atoms with van der Waals surface area (Å²) in [4.78, 5) is 17.8. The van der Waals surface area contributed by atoms with E-state index in [-0.39, 0.29) is 11.9 Å². The van der Waals surface area contributed by atoms with Crippen LogP contribution < -0.4 is 16.0 Å². The first-order valence-electron chi connectivity index (χ1n) is 6.56. The van der Waals surface area contributed by atoms with E-state index in [2.05, 4.69) is 10.3 Å². The van der Waals surface area contributed by atoms with Crippen LogP contribution in [0.5, 0.6) is 0 Å². The molecule has 102 valence electrons. The second kappa shape index (κ2) is 5.30. The van der Waals surface area contributed by atoms with Gasteiger partial charge in [-0.2, -0.15) is 0 Å². The number of carbonyl (C=O) groups is 1. The van der Waals surface area contributed by atoms with Gasteiger partial charge < -0.3 is 16.0 Å². The average Bonchev–Trinajstić information content (AvgIpc) is 2.80. The number of nitrogens with one attached hydrogen (secondary N) is 1. The predicted molar refractivity (Wildman–Crippen MR) is 78.9 cm³/mol. The van der Waals surface area contributed by atoms with Crippen LogP contribution in [0.15, 0.2) is 48.7 Å². The second-order valence-corrected chi connectivity index (χ2v) is 4.86. The van der Waals surface area contributed by atoms with E-state index in [1.807, 2.05) is 42.5 Å². The first-order chi connectivity index (χ1) is 9.72. The minimum atomic E-state index is -0.0791. The molecule has 0 aliphatic carbocycles. The maximum Gasteiger partial charge on any atom is 0.228 e. The number of hydrogen-bond acceptors (Lipinski definition) is 4. The third-order valence-electron chi connectivity index (χ3n) is 3.26. The molecule has 0 bridgehead atoms. The molecule has 5 heteroatoms. The van der Waals surface area contributed by atoms with E-state index in [1.54, 1.807) is 11.1 Å². The highest BCUT2D eigenvalue weighted by atomic mass is 16.2. The third-order valence-corrected chi connectivity index (χ3v) is 3.26. The van der Waals surface area contributed by atoms with Crippen molar-refractivity contribution in [3.8, 4) is 0 Å². The summed E-state index contributed by atoms with van der Waals surface area (Å²) in [5.41, 5.74) is 7.56. The summed E-state index contributed by atoms with van der Waals surface area (Å²) < 4.78 is 0. The van der Waals surface area contributed by atoms with E-state index in [0.717, 1.165) is 17.2 Å². The summed E-state index contributed by atoms with van der Waals surface area (Å²) in [6.45, 7) is 0.561. The Labute approximate surface area is 117 Å². The Hall–Kier alpha value is -2.40. The molecule has 1 saturated heterocycles. The monoisotopic (exact) mass is 268 g/mol. The standard InChI is InChI=1S/C15H16N4O/c16-11-8-15(20)19(10-11)13-6-7-14(17-9-13)18-12-4-2-1-3-5-12/h1-7,9,11H,8,10,16H2,(H,17,18). The van der Waals surface area contributed by atoms with Crippen molar-refractivity contribution in [1.82, 2.24) is 4.98 Å². The number of nitrogens with zero attached hydrogens (tertiary/aromatic N) is 2. The SMILES string of the molecule is NC1CC(=O)N(c2ccc(Nc3ccccc3)nc2)C1. The number of aromatic nitrogens is 1. The minimum Gasteiger partial charge on any atom is -0.340 e. The van der Waals surface area contributed by atoms with Gasteiger partial charge in [0.05, 0.1) is 11.9 Å². The fourth-order valence-corrected chi connectivity index (χ4v) is 2.27. The molecule has 1 aromatic heterocycles. The first-order valence-corrected chi connectivity index (χ1v) is 6.56. The van der Waals surface area contributed by atoms with E-state index in [4.69, 9.17) is 5.73 Å². The molecule has 5 nitrogen and oxygen atoms in total. The van der Waals surface area contributed by atoms with E-state index < -0.39 is 0 Å². The van der Waals surface area contributed by atoms with Crippen LogP contribution in [0.25, 0.3) is 0 Å². The zero-order valence-corrected chi connectivity index (χ0v) is 11.0. The number of carbonyl (C=O) groups excluding carboxylic acids is 1. The van der Waals surface area contributed by atoms with Gasteiger partial charge in [0.25, 0.3) is 0 Å². The Morgan fingerprint density at radius 3 is 2.60 bits per heavy atom. The van der Waals surface area contributed by atoms with Crippen molar-refractivity contribution < 1.29 is 4.79 Å². The van der Waals surface area contributed by atoms with E-state index in [1.165, 1.54) is 0 Å². The van der Waals surface area contributed by atoms with Crippen LogP contribution in [0.4, 0.5) is 17.2 Å². The van der Waals surface area contributed by atoms with Crippen LogP contribution in [-0.4, -0.2) is 23.5 Å². The van der Waals surface area contributed by atoms with Gasteiger partial charge >= 0.3 is 0 Å². The first kappa shape index (κ1) is 12.6. The number of pyridine rings is 1. The molecule has 0 saturated carbocycles. The van der Waals surface area contributed by atoms with Gasteiger partial charge in [0.1, 0.15) is 5.82 Å². The van der Waals surface area contributed by atoms with Crippen LogP contribution >= 0.6 is 0 Å². The van der Waals surface area contributed by atoms with E-state index >= 15 is 0 Å². The minimum absolute atomic E-state index is 0.0584. The molecule has 1 atom stereocenters. The molecule has 2 aromatic rings. The predicted octanol–water partition coefficient (Wildman–Crippen LogP) is 1.89. The summed E-state index contributed by atoms with van der Waals surface area (Å²) in [7, 11) is 0. The molecule has 0 radical (unpaired) electrons. The summed E-state index contributed by atoms with van der Waals surface area (Å²) in [6.07, 6.45) is 2.10. The highest BCUT2D eigenvalue weighted by molar-refractivity contribution is 5.96. The van der Waals surface area contributed by atoms with Gasteiger partial charge in [0.2, 0.25) is 5.91 Å². The normalized spacial score (nSPS) is 18.4. The topological polar surface area (TPSA) is 71.2 Å². The van der Waals surface area contributed by atoms with Crippen molar-refractivity contribution in [2.24, 2.45) is 5.73 Å². The van der Waals surface area contributed by atoms with Gasteiger partial charge in [-0.3, -0.25) is 4.79 Å². The maximum absolute atomic E-state index is 11.8. The number of para-hydroxylation sites is 1. The van der Waals surface area contributed by atoms with Gasteiger partial charge in [-0.05, 0) is 24.3 Å². The Morgan fingerprint density at radius 1 is 1.20 bits per heavy atom. The summed E-state index contributed by atoms with van der Waals surface area (Å²) in [6, 6.07) is 13.5. The largest absolute Gasteiger partial charge is 0.340 e. The van der Waals surface area contributed by atoms with Crippen molar-refractivity contribution in [2.75, 3.05) is 16.8 Å². The Bertz CT molecular complexity index is 597. The van der Waals surface area contributed by atoms with E-state index in [0.29, 0.717) is 13.0 Å². The zero-order valence-electron chi connectivity index (χ0n) is 11.0. The van der Waals surface area contributed by atoms with Crippen molar-refractivity contribution >= 4 is 23.1 Å². The fourth-order valence-electron chi connectivity index (χ4n) is 2.27. The highest BCUT2D eigenvalue weighted by Crippen LogP contribution is 2.22. The Morgan fingerprint density at radius 2 is 2.00 bits per heavy atom. The summed E-state index contributed by atoms with van der Waals surface area (Å²) in [5.74, 6) is 0.805. The third kappa shape index (κ3) is 2.62. The van der Waals surface area contributed by atoms with Crippen LogP contribution in [0, 0.1) is 0 Å². The molecule has 20 heavy (non-hydrogen) atoms. The van der Waals surface area contributed by atoms with Gasteiger partial charge in [-0.15, -0.1) is 0 Å². The van der Waals surface area contributed by atoms with Crippen molar-refractivity contribution in [1.29, 1.82) is 0 Å². The number of nitrogens with two attached hydrogens (primary N) is 1. The molecular weight excluding hydrogens is 252 g/mol. The lowest BCUT2D eigenvalue weighted by Crippen LogP contribution is -2.28. The zero-order chi connectivity index (χ0) is 13.9. The molecule has 0 spiro atoms. The smallest absolute Gasteiger partial charge is 0.228 e.